The van der Waals surface area contributed by atoms with Gasteiger partial charge in [0.25, 0.3) is 5.91 Å². The molecule has 1 saturated heterocycles. The SMILES string of the molecule is Cc1csc(C(=O)N2CC(c3nc(-c4cccnc4)no3)C2)c1. The highest BCUT2D eigenvalue weighted by atomic mass is 32.1. The monoisotopic (exact) mass is 326 g/mol. The number of hydrogen-bond donors (Lipinski definition) is 0. The molecule has 0 spiro atoms. The lowest BCUT2D eigenvalue weighted by Gasteiger charge is -2.36. The van der Waals surface area contributed by atoms with Crippen LogP contribution in [0.1, 0.15) is 27.0 Å². The lowest BCUT2D eigenvalue weighted by molar-refractivity contribution is 0.0574. The van der Waals surface area contributed by atoms with Crippen LogP contribution in [0.25, 0.3) is 11.4 Å². The third-order valence-electron chi connectivity index (χ3n) is 3.82. The van der Waals surface area contributed by atoms with E-state index in [4.69, 9.17) is 4.52 Å². The van der Waals surface area contributed by atoms with Crippen LogP contribution in [0.15, 0.2) is 40.5 Å². The molecule has 116 valence electrons. The van der Waals surface area contributed by atoms with Gasteiger partial charge in [0.15, 0.2) is 0 Å². The van der Waals surface area contributed by atoms with Gasteiger partial charge in [0.2, 0.25) is 11.7 Å². The standard InChI is InChI=1S/C16H14N4O2S/c1-10-5-13(23-9-10)16(21)20-7-12(8-20)15-18-14(19-22-15)11-3-2-4-17-6-11/h2-6,9,12H,7-8H2,1H3. The first kappa shape index (κ1) is 14.1. The number of thiophene rings is 1. The molecule has 3 aromatic heterocycles. The van der Waals surface area contributed by atoms with E-state index in [1.807, 2.05) is 35.4 Å². The van der Waals surface area contributed by atoms with Gasteiger partial charge in [-0.2, -0.15) is 4.98 Å². The van der Waals surface area contributed by atoms with Gasteiger partial charge in [0.05, 0.1) is 10.8 Å². The van der Waals surface area contributed by atoms with E-state index in [-0.39, 0.29) is 11.8 Å². The average Bonchev–Trinajstić information content (AvgIpc) is 3.16. The maximum atomic E-state index is 12.3. The number of aromatic nitrogens is 3. The molecule has 0 aromatic carbocycles. The van der Waals surface area contributed by atoms with Crippen molar-refractivity contribution in [3.05, 3.63) is 52.3 Å². The van der Waals surface area contributed by atoms with Crippen molar-refractivity contribution >= 4 is 17.2 Å². The number of rotatable bonds is 3. The van der Waals surface area contributed by atoms with Crippen LogP contribution in [0.4, 0.5) is 0 Å². The normalized spacial score (nSPS) is 14.7. The van der Waals surface area contributed by atoms with Gasteiger partial charge < -0.3 is 9.42 Å². The second-order valence-electron chi connectivity index (χ2n) is 5.59. The number of hydrogen-bond acceptors (Lipinski definition) is 6. The maximum absolute atomic E-state index is 12.3. The molecular weight excluding hydrogens is 312 g/mol. The van der Waals surface area contributed by atoms with Gasteiger partial charge in [0, 0.05) is 31.0 Å². The van der Waals surface area contributed by atoms with Crippen molar-refractivity contribution in [1.29, 1.82) is 0 Å². The topological polar surface area (TPSA) is 72.1 Å². The second-order valence-corrected chi connectivity index (χ2v) is 6.50. The predicted molar refractivity (Wildman–Crippen MR) is 85.2 cm³/mol. The second kappa shape index (κ2) is 5.58. The van der Waals surface area contributed by atoms with Gasteiger partial charge >= 0.3 is 0 Å². The van der Waals surface area contributed by atoms with Crippen LogP contribution in [0.5, 0.6) is 0 Å². The summed E-state index contributed by atoms with van der Waals surface area (Å²) >= 11 is 1.48. The molecule has 0 radical (unpaired) electrons. The summed E-state index contributed by atoms with van der Waals surface area (Å²) in [5.41, 5.74) is 1.94. The van der Waals surface area contributed by atoms with E-state index in [1.54, 1.807) is 12.4 Å². The zero-order valence-corrected chi connectivity index (χ0v) is 13.3. The Morgan fingerprint density at radius 1 is 1.43 bits per heavy atom. The van der Waals surface area contributed by atoms with Gasteiger partial charge in [-0.3, -0.25) is 9.78 Å². The van der Waals surface area contributed by atoms with Gasteiger partial charge in [0.1, 0.15) is 0 Å². The van der Waals surface area contributed by atoms with E-state index < -0.39 is 0 Å². The van der Waals surface area contributed by atoms with E-state index in [1.165, 1.54) is 11.3 Å². The third-order valence-corrected chi connectivity index (χ3v) is 4.86. The Bertz CT molecular complexity index is 837. The summed E-state index contributed by atoms with van der Waals surface area (Å²) in [6, 6.07) is 5.64. The molecule has 3 aromatic rings. The molecule has 1 aliphatic heterocycles. The van der Waals surface area contributed by atoms with Crippen molar-refractivity contribution in [1.82, 2.24) is 20.0 Å². The minimum atomic E-state index is 0.0753. The fraction of sp³-hybridized carbons (Fsp3) is 0.250. The van der Waals surface area contributed by atoms with Crippen molar-refractivity contribution in [2.75, 3.05) is 13.1 Å². The van der Waals surface area contributed by atoms with Crippen LogP contribution in [-0.4, -0.2) is 39.0 Å². The molecule has 4 rings (SSSR count). The summed E-state index contributed by atoms with van der Waals surface area (Å²) in [6.45, 7) is 3.22. The molecule has 0 aliphatic carbocycles. The fourth-order valence-corrected chi connectivity index (χ4v) is 3.38. The number of carbonyl (C=O) groups is 1. The highest BCUT2D eigenvalue weighted by Gasteiger charge is 2.36. The van der Waals surface area contributed by atoms with Crippen LogP contribution < -0.4 is 0 Å². The lowest BCUT2D eigenvalue weighted by Crippen LogP contribution is -2.48. The Morgan fingerprint density at radius 3 is 3.00 bits per heavy atom. The molecule has 0 saturated carbocycles. The summed E-state index contributed by atoms with van der Waals surface area (Å²) in [4.78, 5) is 23.4. The van der Waals surface area contributed by atoms with Crippen LogP contribution in [0.3, 0.4) is 0 Å². The van der Waals surface area contributed by atoms with Crippen molar-refractivity contribution in [3.8, 4) is 11.4 Å². The van der Waals surface area contributed by atoms with Gasteiger partial charge in [-0.15, -0.1) is 11.3 Å². The number of carbonyl (C=O) groups excluding carboxylic acids is 1. The Labute approximate surface area is 136 Å². The van der Waals surface area contributed by atoms with Crippen LogP contribution >= 0.6 is 11.3 Å². The molecule has 0 atom stereocenters. The molecule has 0 N–H and O–H groups in total. The van der Waals surface area contributed by atoms with E-state index in [9.17, 15) is 4.79 Å². The molecule has 0 unspecified atom stereocenters. The fourth-order valence-electron chi connectivity index (χ4n) is 2.51. The molecule has 23 heavy (non-hydrogen) atoms. The molecule has 0 bridgehead atoms. The van der Waals surface area contributed by atoms with Crippen molar-refractivity contribution in [2.24, 2.45) is 0 Å². The highest BCUT2D eigenvalue weighted by molar-refractivity contribution is 7.12. The predicted octanol–water partition coefficient (Wildman–Crippen LogP) is 2.74. The first-order chi connectivity index (χ1) is 11.2. The molecule has 1 fully saturated rings. The van der Waals surface area contributed by atoms with E-state index in [2.05, 4.69) is 15.1 Å². The quantitative estimate of drug-likeness (QED) is 0.740. The molecule has 4 heterocycles. The van der Waals surface area contributed by atoms with Crippen LogP contribution in [-0.2, 0) is 0 Å². The zero-order chi connectivity index (χ0) is 15.8. The molecule has 7 heteroatoms. The summed E-state index contributed by atoms with van der Waals surface area (Å²) in [5.74, 6) is 1.30. The maximum Gasteiger partial charge on any atom is 0.263 e. The lowest BCUT2D eigenvalue weighted by atomic mass is 10.00. The molecular formula is C16H14N4O2S. The minimum absolute atomic E-state index is 0.0753. The molecule has 6 nitrogen and oxygen atoms in total. The summed E-state index contributed by atoms with van der Waals surface area (Å²) in [5, 5.41) is 5.98. The van der Waals surface area contributed by atoms with Gasteiger partial charge in [-0.1, -0.05) is 5.16 Å². The van der Waals surface area contributed by atoms with Gasteiger partial charge in [-0.05, 0) is 36.1 Å². The van der Waals surface area contributed by atoms with Crippen molar-refractivity contribution in [2.45, 2.75) is 12.8 Å². The van der Waals surface area contributed by atoms with E-state index in [0.717, 1.165) is 16.0 Å². The first-order valence-corrected chi connectivity index (χ1v) is 8.17. The third kappa shape index (κ3) is 2.63. The minimum Gasteiger partial charge on any atom is -0.339 e. The number of pyridine rings is 1. The molecule has 1 aliphatic rings. The van der Waals surface area contributed by atoms with Gasteiger partial charge in [-0.25, -0.2) is 0 Å². The number of amides is 1. The van der Waals surface area contributed by atoms with Crippen LogP contribution in [0, 0.1) is 6.92 Å². The molecule has 1 amide bonds. The van der Waals surface area contributed by atoms with Crippen molar-refractivity contribution in [3.63, 3.8) is 0 Å². The largest absolute Gasteiger partial charge is 0.339 e. The Balaban J connectivity index is 1.42. The first-order valence-electron chi connectivity index (χ1n) is 7.29. The van der Waals surface area contributed by atoms with Crippen molar-refractivity contribution < 1.29 is 9.32 Å². The van der Waals surface area contributed by atoms with E-state index >= 15 is 0 Å². The summed E-state index contributed by atoms with van der Waals surface area (Å²) in [7, 11) is 0. The Morgan fingerprint density at radius 2 is 2.30 bits per heavy atom. The number of likely N-dealkylation sites (tertiary alicyclic amines) is 1. The number of aryl methyl sites for hydroxylation is 1. The summed E-state index contributed by atoms with van der Waals surface area (Å²) in [6.07, 6.45) is 3.40. The number of nitrogens with zero attached hydrogens (tertiary/aromatic N) is 4. The summed E-state index contributed by atoms with van der Waals surface area (Å²) < 4.78 is 5.34. The smallest absolute Gasteiger partial charge is 0.263 e. The highest BCUT2D eigenvalue weighted by Crippen LogP contribution is 2.29. The van der Waals surface area contributed by atoms with Crippen LogP contribution in [0.2, 0.25) is 0 Å². The Hall–Kier alpha value is -2.54. The zero-order valence-electron chi connectivity index (χ0n) is 12.5. The Kier molecular flexibility index (Phi) is 3.42. The average molecular weight is 326 g/mol. The van der Waals surface area contributed by atoms with E-state index in [0.29, 0.717) is 24.8 Å².